The third-order valence-electron chi connectivity index (χ3n) is 4.16. The fraction of sp³-hybridized carbons (Fsp3) is 0.250. The number of hydrogen-bond acceptors (Lipinski definition) is 2. The van der Waals surface area contributed by atoms with E-state index in [1.807, 2.05) is 12.1 Å². The number of rotatable bonds is 5. The molecular weight excluding hydrogens is 296 g/mol. The summed E-state index contributed by atoms with van der Waals surface area (Å²) in [5.74, 6) is 0.437. The monoisotopic (exact) mass is 320 g/mol. The number of anilines is 2. The summed E-state index contributed by atoms with van der Waals surface area (Å²) in [7, 11) is 0. The van der Waals surface area contributed by atoms with Gasteiger partial charge in [0.15, 0.2) is 5.96 Å². The number of hydrogen-bond donors (Lipinski definition) is 2. The van der Waals surface area contributed by atoms with Crippen molar-refractivity contribution >= 4 is 17.3 Å². The number of aliphatic imine (C=N–C) groups is 1. The third kappa shape index (κ3) is 4.16. The highest BCUT2D eigenvalue weighted by Crippen LogP contribution is 2.19. The molecule has 1 aliphatic heterocycles. The smallest absolute Gasteiger partial charge is 0.193 e. The minimum Gasteiger partial charge on any atom is -0.370 e. The van der Waals surface area contributed by atoms with Crippen LogP contribution in [0, 0.1) is 0 Å². The maximum absolute atomic E-state index is 6.00. The van der Waals surface area contributed by atoms with Crippen LogP contribution < -0.4 is 16.0 Å². The van der Waals surface area contributed by atoms with Gasteiger partial charge in [-0.05, 0) is 41.8 Å². The van der Waals surface area contributed by atoms with Crippen LogP contribution in [0.4, 0.5) is 11.4 Å². The fourth-order valence-electron chi connectivity index (χ4n) is 2.73. The second-order valence-corrected chi connectivity index (χ2v) is 5.92. The number of benzene rings is 2. The highest BCUT2D eigenvalue weighted by Gasteiger charge is 2.07. The maximum Gasteiger partial charge on any atom is 0.193 e. The topological polar surface area (TPSA) is 53.6 Å². The van der Waals surface area contributed by atoms with Gasteiger partial charge in [0.2, 0.25) is 0 Å². The number of guanidine groups is 1. The van der Waals surface area contributed by atoms with Crippen LogP contribution in [0.3, 0.4) is 0 Å². The molecule has 3 rings (SSSR count). The molecule has 0 saturated carbocycles. The Morgan fingerprint density at radius 3 is 2.54 bits per heavy atom. The Bertz CT molecular complexity index is 724. The quantitative estimate of drug-likeness (QED) is 0.503. The highest BCUT2D eigenvalue weighted by atomic mass is 15.1. The van der Waals surface area contributed by atoms with Gasteiger partial charge in [-0.25, -0.2) is 4.99 Å². The first-order chi connectivity index (χ1) is 11.7. The van der Waals surface area contributed by atoms with Crippen molar-refractivity contribution in [2.24, 2.45) is 10.7 Å². The third-order valence-corrected chi connectivity index (χ3v) is 4.16. The number of nitrogens with zero attached hydrogens (tertiary/aromatic N) is 2. The van der Waals surface area contributed by atoms with Gasteiger partial charge in [-0.1, -0.05) is 43.3 Å². The molecule has 0 amide bonds. The molecule has 0 radical (unpaired) electrons. The van der Waals surface area contributed by atoms with Crippen LogP contribution >= 0.6 is 0 Å². The van der Waals surface area contributed by atoms with Crippen LogP contribution in [-0.4, -0.2) is 19.0 Å². The molecule has 4 heteroatoms. The van der Waals surface area contributed by atoms with Crippen molar-refractivity contribution in [1.29, 1.82) is 0 Å². The molecule has 1 aliphatic rings. The van der Waals surface area contributed by atoms with Crippen molar-refractivity contribution in [2.75, 3.05) is 23.3 Å². The van der Waals surface area contributed by atoms with Gasteiger partial charge in [0.25, 0.3) is 0 Å². The summed E-state index contributed by atoms with van der Waals surface area (Å²) in [4.78, 5) is 6.77. The molecule has 0 spiro atoms. The van der Waals surface area contributed by atoms with Crippen LogP contribution in [0.1, 0.15) is 18.1 Å². The van der Waals surface area contributed by atoms with Crippen molar-refractivity contribution in [2.45, 2.75) is 19.9 Å². The molecule has 124 valence electrons. The van der Waals surface area contributed by atoms with E-state index in [0.29, 0.717) is 12.5 Å². The summed E-state index contributed by atoms with van der Waals surface area (Å²) in [5.41, 5.74) is 10.7. The van der Waals surface area contributed by atoms with Crippen molar-refractivity contribution < 1.29 is 0 Å². The van der Waals surface area contributed by atoms with Gasteiger partial charge in [0.1, 0.15) is 0 Å². The van der Waals surface area contributed by atoms with E-state index in [0.717, 1.165) is 30.8 Å². The van der Waals surface area contributed by atoms with Crippen LogP contribution in [0.15, 0.2) is 65.7 Å². The fourth-order valence-corrected chi connectivity index (χ4v) is 2.73. The van der Waals surface area contributed by atoms with Crippen LogP contribution in [-0.2, 0) is 13.0 Å². The second-order valence-electron chi connectivity index (χ2n) is 5.92. The Balaban J connectivity index is 1.60. The van der Waals surface area contributed by atoms with E-state index in [2.05, 4.69) is 70.7 Å². The van der Waals surface area contributed by atoms with Gasteiger partial charge < -0.3 is 16.0 Å². The summed E-state index contributed by atoms with van der Waals surface area (Å²) >= 11 is 0. The number of nitrogens with one attached hydrogen (secondary N) is 1. The van der Waals surface area contributed by atoms with Crippen molar-refractivity contribution in [3.63, 3.8) is 0 Å². The average molecular weight is 320 g/mol. The van der Waals surface area contributed by atoms with E-state index >= 15 is 0 Å². The predicted molar refractivity (Wildman–Crippen MR) is 103 cm³/mol. The van der Waals surface area contributed by atoms with Gasteiger partial charge >= 0.3 is 0 Å². The van der Waals surface area contributed by atoms with Gasteiger partial charge in [0.05, 0.1) is 6.54 Å². The Labute approximate surface area is 143 Å². The first-order valence-electron chi connectivity index (χ1n) is 8.39. The van der Waals surface area contributed by atoms with E-state index in [1.54, 1.807) is 0 Å². The van der Waals surface area contributed by atoms with Gasteiger partial charge in [-0.2, -0.15) is 0 Å². The highest BCUT2D eigenvalue weighted by molar-refractivity contribution is 5.92. The van der Waals surface area contributed by atoms with Crippen molar-refractivity contribution in [1.82, 2.24) is 0 Å². The lowest BCUT2D eigenvalue weighted by atomic mass is 10.1. The molecule has 24 heavy (non-hydrogen) atoms. The van der Waals surface area contributed by atoms with Gasteiger partial charge in [-0.15, -0.1) is 0 Å². The molecule has 0 aliphatic carbocycles. The average Bonchev–Trinajstić information content (AvgIpc) is 3.16. The molecule has 0 unspecified atom stereocenters. The standard InChI is InChI=1S/C20H24N4/c1-2-16-8-10-18(11-9-16)23-20(21)22-15-17-6-5-7-19(14-17)24-12-3-4-13-24/h3-11,14H,2,12-13,15H2,1H3,(H3,21,22,23). The lowest BCUT2D eigenvalue weighted by molar-refractivity contribution is 0.993. The van der Waals surface area contributed by atoms with E-state index in [1.165, 1.54) is 11.3 Å². The number of nitrogens with two attached hydrogens (primary N) is 1. The Morgan fingerprint density at radius 2 is 1.83 bits per heavy atom. The van der Waals surface area contributed by atoms with E-state index in [-0.39, 0.29) is 0 Å². The second kappa shape index (κ2) is 7.68. The molecule has 1 heterocycles. The molecule has 0 aromatic heterocycles. The van der Waals surface area contributed by atoms with E-state index in [9.17, 15) is 0 Å². The Kier molecular flexibility index (Phi) is 5.16. The Hall–Kier alpha value is -2.75. The normalized spacial score (nSPS) is 14.2. The Morgan fingerprint density at radius 1 is 1.08 bits per heavy atom. The lowest BCUT2D eigenvalue weighted by Crippen LogP contribution is -2.22. The van der Waals surface area contributed by atoms with Gasteiger partial charge in [-0.3, -0.25) is 0 Å². The van der Waals surface area contributed by atoms with E-state index < -0.39 is 0 Å². The molecule has 3 N–H and O–H groups in total. The molecule has 2 aromatic carbocycles. The molecule has 0 fully saturated rings. The first kappa shape index (κ1) is 16.1. The summed E-state index contributed by atoms with van der Waals surface area (Å²) in [6.07, 6.45) is 5.42. The van der Waals surface area contributed by atoms with Crippen LogP contribution in [0.5, 0.6) is 0 Å². The van der Waals surface area contributed by atoms with Gasteiger partial charge in [0, 0.05) is 24.5 Å². The predicted octanol–water partition coefficient (Wildman–Crippen LogP) is 3.55. The summed E-state index contributed by atoms with van der Waals surface area (Å²) < 4.78 is 0. The molecule has 0 bridgehead atoms. The van der Waals surface area contributed by atoms with Crippen molar-refractivity contribution in [3.8, 4) is 0 Å². The van der Waals surface area contributed by atoms with Crippen LogP contribution in [0.25, 0.3) is 0 Å². The lowest BCUT2D eigenvalue weighted by Gasteiger charge is -2.18. The summed E-state index contributed by atoms with van der Waals surface area (Å²) in [5, 5.41) is 3.14. The zero-order chi connectivity index (χ0) is 16.8. The van der Waals surface area contributed by atoms with Crippen molar-refractivity contribution in [3.05, 3.63) is 71.8 Å². The summed E-state index contributed by atoms with van der Waals surface area (Å²) in [6, 6.07) is 16.7. The number of aryl methyl sites for hydroxylation is 1. The molecule has 4 nitrogen and oxygen atoms in total. The molecule has 0 atom stereocenters. The molecule has 0 saturated heterocycles. The molecular formula is C20H24N4. The summed E-state index contributed by atoms with van der Waals surface area (Å²) in [6.45, 7) is 4.67. The zero-order valence-corrected chi connectivity index (χ0v) is 14.1. The SMILES string of the molecule is CCc1ccc(NC(N)=NCc2cccc(N3CC=CC3)c2)cc1. The first-order valence-corrected chi connectivity index (χ1v) is 8.39. The zero-order valence-electron chi connectivity index (χ0n) is 14.1. The molecule has 2 aromatic rings. The van der Waals surface area contributed by atoms with E-state index in [4.69, 9.17) is 5.73 Å². The largest absolute Gasteiger partial charge is 0.370 e. The maximum atomic E-state index is 6.00. The van der Waals surface area contributed by atoms with Crippen LogP contribution in [0.2, 0.25) is 0 Å². The minimum atomic E-state index is 0.437. The minimum absolute atomic E-state index is 0.437.